The van der Waals surface area contributed by atoms with Gasteiger partial charge in [0.2, 0.25) is 0 Å². The normalized spacial score (nSPS) is 55.4. The molecule has 16 heavy (non-hydrogen) atoms. The van der Waals surface area contributed by atoms with Crippen molar-refractivity contribution >= 4 is 0 Å². The molecule has 3 aliphatic rings. The van der Waals surface area contributed by atoms with E-state index in [0.717, 1.165) is 5.92 Å². The summed E-state index contributed by atoms with van der Waals surface area (Å²) in [4.78, 5) is 0. The Labute approximate surface area is 98.9 Å². The molecule has 0 aliphatic heterocycles. The van der Waals surface area contributed by atoms with E-state index in [1.165, 1.54) is 44.1 Å². The summed E-state index contributed by atoms with van der Waals surface area (Å²) in [5.41, 5.74) is 2.44. The molecule has 4 unspecified atom stereocenters. The zero-order valence-electron chi connectivity index (χ0n) is 10.7. The van der Waals surface area contributed by atoms with Crippen LogP contribution >= 0.6 is 0 Å². The molecule has 1 heteroatoms. The van der Waals surface area contributed by atoms with Crippen molar-refractivity contribution in [3.8, 4) is 0 Å². The van der Waals surface area contributed by atoms with Gasteiger partial charge in [0, 0.05) is 6.61 Å². The maximum Gasteiger partial charge on any atom is 0.0490 e. The van der Waals surface area contributed by atoms with E-state index in [4.69, 9.17) is 0 Å². The van der Waals surface area contributed by atoms with Crippen LogP contribution in [0.3, 0.4) is 0 Å². The van der Waals surface area contributed by atoms with Crippen LogP contribution in [-0.4, -0.2) is 11.7 Å². The molecule has 3 saturated carbocycles. The Morgan fingerprint density at radius 3 is 2.69 bits per heavy atom. The first-order valence-corrected chi connectivity index (χ1v) is 6.78. The van der Waals surface area contributed by atoms with E-state index in [1.807, 2.05) is 0 Å². The lowest BCUT2D eigenvalue weighted by atomic mass is 9.48. The highest BCUT2D eigenvalue weighted by molar-refractivity contribution is 5.30. The minimum atomic E-state index is 0.147. The first-order chi connectivity index (χ1) is 7.49. The molecule has 90 valence electrons. The Morgan fingerprint density at radius 1 is 1.31 bits per heavy atom. The molecule has 0 aromatic rings. The molecule has 3 aliphatic carbocycles. The van der Waals surface area contributed by atoms with E-state index >= 15 is 0 Å². The fraction of sp³-hybridized carbons (Fsp3) is 0.867. The number of allylic oxidation sites excluding steroid dienone is 1. The van der Waals surface area contributed by atoms with Crippen molar-refractivity contribution in [2.45, 2.75) is 52.4 Å². The smallest absolute Gasteiger partial charge is 0.0490 e. The molecule has 0 aromatic heterocycles. The van der Waals surface area contributed by atoms with Crippen molar-refractivity contribution in [2.75, 3.05) is 6.61 Å². The standard InChI is InChI=1S/C15H24O/c1-11-9-15-8-5-12(11)14(15,3)7-4-6-13(15,2)10-16/h12,16H,1,4-10H2,2-3H3. The highest BCUT2D eigenvalue weighted by Crippen LogP contribution is 2.77. The van der Waals surface area contributed by atoms with Crippen LogP contribution < -0.4 is 0 Å². The number of aliphatic hydroxyl groups is 1. The van der Waals surface area contributed by atoms with Crippen LogP contribution in [0.4, 0.5) is 0 Å². The Hall–Kier alpha value is -0.300. The molecule has 0 saturated heterocycles. The number of hydrogen-bond donors (Lipinski definition) is 1. The van der Waals surface area contributed by atoms with Gasteiger partial charge in [-0.05, 0) is 54.3 Å². The number of rotatable bonds is 1. The molecular formula is C15H24O. The van der Waals surface area contributed by atoms with Gasteiger partial charge in [-0.1, -0.05) is 32.4 Å². The molecule has 0 heterocycles. The molecule has 4 atom stereocenters. The lowest BCUT2D eigenvalue weighted by molar-refractivity contribution is -0.105. The van der Waals surface area contributed by atoms with E-state index in [1.54, 1.807) is 0 Å². The third-order valence-corrected chi connectivity index (χ3v) is 6.67. The van der Waals surface area contributed by atoms with Gasteiger partial charge in [0.25, 0.3) is 0 Å². The Balaban J connectivity index is 2.14. The molecule has 0 amide bonds. The Bertz CT molecular complexity index is 347. The topological polar surface area (TPSA) is 20.2 Å². The summed E-state index contributed by atoms with van der Waals surface area (Å²) in [6, 6.07) is 0. The summed E-state index contributed by atoms with van der Waals surface area (Å²) < 4.78 is 0. The fourth-order valence-electron chi connectivity index (χ4n) is 5.72. The van der Waals surface area contributed by atoms with Crippen molar-refractivity contribution in [3.63, 3.8) is 0 Å². The highest BCUT2D eigenvalue weighted by Gasteiger charge is 2.69. The molecule has 0 spiro atoms. The second-order valence-corrected chi connectivity index (χ2v) is 7.00. The average molecular weight is 220 g/mol. The van der Waals surface area contributed by atoms with Gasteiger partial charge in [-0.15, -0.1) is 0 Å². The lowest BCUT2D eigenvalue weighted by Gasteiger charge is -2.56. The van der Waals surface area contributed by atoms with Crippen LogP contribution in [0.5, 0.6) is 0 Å². The van der Waals surface area contributed by atoms with Gasteiger partial charge < -0.3 is 5.11 Å². The van der Waals surface area contributed by atoms with Gasteiger partial charge in [0.15, 0.2) is 0 Å². The van der Waals surface area contributed by atoms with Crippen LogP contribution in [0, 0.1) is 22.2 Å². The minimum Gasteiger partial charge on any atom is -0.396 e. The summed E-state index contributed by atoms with van der Waals surface area (Å²) in [6.45, 7) is 9.49. The largest absolute Gasteiger partial charge is 0.396 e. The summed E-state index contributed by atoms with van der Waals surface area (Å²) in [5, 5.41) is 9.88. The molecule has 3 rings (SSSR count). The predicted octanol–water partition coefficient (Wildman–Crippen LogP) is 3.53. The minimum absolute atomic E-state index is 0.147. The fourth-order valence-corrected chi connectivity index (χ4v) is 5.72. The molecule has 1 N–H and O–H groups in total. The van der Waals surface area contributed by atoms with Crippen molar-refractivity contribution in [1.82, 2.24) is 0 Å². The molecule has 0 radical (unpaired) electrons. The third-order valence-electron chi connectivity index (χ3n) is 6.67. The van der Waals surface area contributed by atoms with E-state index in [2.05, 4.69) is 20.4 Å². The van der Waals surface area contributed by atoms with Crippen LogP contribution in [0.1, 0.15) is 52.4 Å². The quantitative estimate of drug-likeness (QED) is 0.670. The van der Waals surface area contributed by atoms with Crippen LogP contribution in [-0.2, 0) is 0 Å². The maximum absolute atomic E-state index is 9.88. The molecule has 2 bridgehead atoms. The Kier molecular flexibility index (Phi) is 1.98. The Morgan fingerprint density at radius 2 is 2.06 bits per heavy atom. The monoisotopic (exact) mass is 220 g/mol. The summed E-state index contributed by atoms with van der Waals surface area (Å²) >= 11 is 0. The molecule has 3 fully saturated rings. The van der Waals surface area contributed by atoms with Crippen molar-refractivity contribution in [2.24, 2.45) is 22.2 Å². The van der Waals surface area contributed by atoms with Crippen LogP contribution in [0.15, 0.2) is 12.2 Å². The van der Waals surface area contributed by atoms with Gasteiger partial charge in [-0.25, -0.2) is 0 Å². The maximum atomic E-state index is 9.88. The second-order valence-electron chi connectivity index (χ2n) is 7.00. The number of hydrogen-bond acceptors (Lipinski definition) is 1. The number of aliphatic hydroxyl groups excluding tert-OH is 1. The van der Waals surface area contributed by atoms with Crippen molar-refractivity contribution < 1.29 is 5.11 Å². The van der Waals surface area contributed by atoms with Gasteiger partial charge in [0.1, 0.15) is 0 Å². The summed E-state index contributed by atoms with van der Waals surface area (Å²) in [7, 11) is 0. The van der Waals surface area contributed by atoms with Gasteiger partial charge in [-0.3, -0.25) is 0 Å². The van der Waals surface area contributed by atoms with Gasteiger partial charge in [0.05, 0.1) is 0 Å². The lowest BCUT2D eigenvalue weighted by Crippen LogP contribution is -2.51. The van der Waals surface area contributed by atoms with Gasteiger partial charge >= 0.3 is 0 Å². The average Bonchev–Trinajstić information content (AvgIpc) is 2.66. The zero-order chi connectivity index (χ0) is 11.6. The zero-order valence-corrected chi connectivity index (χ0v) is 10.7. The third kappa shape index (κ3) is 0.895. The van der Waals surface area contributed by atoms with E-state index in [-0.39, 0.29) is 5.41 Å². The second kappa shape index (κ2) is 2.93. The van der Waals surface area contributed by atoms with Gasteiger partial charge in [-0.2, -0.15) is 0 Å². The van der Waals surface area contributed by atoms with Crippen molar-refractivity contribution in [3.05, 3.63) is 12.2 Å². The highest BCUT2D eigenvalue weighted by atomic mass is 16.3. The van der Waals surface area contributed by atoms with Crippen LogP contribution in [0.2, 0.25) is 0 Å². The van der Waals surface area contributed by atoms with Crippen molar-refractivity contribution in [1.29, 1.82) is 0 Å². The molecule has 0 aromatic carbocycles. The van der Waals surface area contributed by atoms with E-state index < -0.39 is 0 Å². The summed E-state index contributed by atoms with van der Waals surface area (Å²) in [6.07, 6.45) is 7.69. The SMILES string of the molecule is C=C1CC23CCC1C2(C)CCCC3(C)CO. The van der Waals surface area contributed by atoms with Crippen LogP contribution in [0.25, 0.3) is 0 Å². The predicted molar refractivity (Wildman–Crippen MR) is 66.1 cm³/mol. The first kappa shape index (κ1) is 10.8. The van der Waals surface area contributed by atoms with E-state index in [9.17, 15) is 5.11 Å². The van der Waals surface area contributed by atoms with E-state index in [0.29, 0.717) is 17.4 Å². The molecular weight excluding hydrogens is 196 g/mol. The molecule has 1 nitrogen and oxygen atoms in total. The summed E-state index contributed by atoms with van der Waals surface area (Å²) in [5.74, 6) is 0.749. The first-order valence-electron chi connectivity index (χ1n) is 6.78.